The summed E-state index contributed by atoms with van der Waals surface area (Å²) < 4.78 is 5.29. The highest BCUT2D eigenvalue weighted by atomic mass is 16.5. The van der Waals surface area contributed by atoms with Crippen molar-refractivity contribution in [3.8, 4) is 0 Å². The molecule has 6 nitrogen and oxygen atoms in total. The molecule has 0 spiro atoms. The number of benzene rings is 1. The molecule has 0 radical (unpaired) electrons. The summed E-state index contributed by atoms with van der Waals surface area (Å²) in [5.41, 5.74) is 0.861. The van der Waals surface area contributed by atoms with E-state index in [4.69, 9.17) is 4.52 Å². The van der Waals surface area contributed by atoms with Crippen molar-refractivity contribution in [1.29, 1.82) is 0 Å². The maximum Gasteiger partial charge on any atom is 0.273 e. The van der Waals surface area contributed by atoms with Crippen LogP contribution < -0.4 is 5.32 Å². The van der Waals surface area contributed by atoms with E-state index in [1.807, 2.05) is 32.0 Å². The molecule has 0 bridgehead atoms. The summed E-state index contributed by atoms with van der Waals surface area (Å²) in [4.78, 5) is 26.6. The van der Waals surface area contributed by atoms with Crippen LogP contribution in [0, 0.1) is 11.8 Å². The first kappa shape index (κ1) is 19.7. The van der Waals surface area contributed by atoms with E-state index < -0.39 is 0 Å². The summed E-state index contributed by atoms with van der Waals surface area (Å²) in [6, 6.07) is 10.7. The first-order chi connectivity index (χ1) is 12.4. The molecule has 0 aliphatic rings. The van der Waals surface area contributed by atoms with Gasteiger partial charge in [-0.15, -0.1) is 0 Å². The maximum absolute atomic E-state index is 12.8. The van der Waals surface area contributed by atoms with Gasteiger partial charge in [-0.2, -0.15) is 0 Å². The molecular weight excluding hydrogens is 330 g/mol. The molecule has 1 N–H and O–H groups in total. The van der Waals surface area contributed by atoms with Crippen LogP contribution in [0.25, 0.3) is 0 Å². The third-order valence-corrected chi connectivity index (χ3v) is 3.70. The van der Waals surface area contributed by atoms with Gasteiger partial charge in [0.05, 0.1) is 6.54 Å². The number of amides is 2. The van der Waals surface area contributed by atoms with Crippen molar-refractivity contribution in [2.45, 2.75) is 34.2 Å². The molecule has 2 rings (SSSR count). The van der Waals surface area contributed by atoms with Crippen LogP contribution >= 0.6 is 0 Å². The van der Waals surface area contributed by atoms with E-state index in [2.05, 4.69) is 24.3 Å². The van der Waals surface area contributed by atoms with Crippen molar-refractivity contribution in [2.24, 2.45) is 11.8 Å². The molecule has 0 aliphatic heterocycles. The third-order valence-electron chi connectivity index (χ3n) is 3.70. The van der Waals surface area contributed by atoms with Crippen molar-refractivity contribution in [2.75, 3.05) is 13.1 Å². The normalized spacial score (nSPS) is 11.0. The second-order valence-corrected chi connectivity index (χ2v) is 7.23. The maximum atomic E-state index is 12.8. The minimum absolute atomic E-state index is 0.0680. The number of hydrogen-bond donors (Lipinski definition) is 1. The van der Waals surface area contributed by atoms with Crippen LogP contribution in [0.5, 0.6) is 0 Å². The minimum Gasteiger partial charge on any atom is -0.359 e. The molecule has 140 valence electrons. The predicted octanol–water partition coefficient (Wildman–Crippen LogP) is 3.36. The number of hydrogen-bond acceptors (Lipinski definition) is 4. The van der Waals surface area contributed by atoms with Gasteiger partial charge in [-0.25, -0.2) is 0 Å². The van der Waals surface area contributed by atoms with Crippen molar-refractivity contribution >= 4 is 11.8 Å². The van der Waals surface area contributed by atoms with Gasteiger partial charge in [-0.3, -0.25) is 9.59 Å². The average Bonchev–Trinajstić information content (AvgIpc) is 3.07. The number of nitrogens with one attached hydrogen (secondary N) is 1. The smallest absolute Gasteiger partial charge is 0.273 e. The third kappa shape index (κ3) is 5.72. The number of aromatic nitrogens is 1. The topological polar surface area (TPSA) is 75.4 Å². The van der Waals surface area contributed by atoms with Gasteiger partial charge in [0.25, 0.3) is 11.8 Å². The fourth-order valence-electron chi connectivity index (χ4n) is 2.49. The van der Waals surface area contributed by atoms with Gasteiger partial charge in [0.1, 0.15) is 0 Å². The van der Waals surface area contributed by atoms with Crippen LogP contribution in [-0.2, 0) is 6.54 Å². The molecule has 0 atom stereocenters. The molecular formula is C20H27N3O3. The molecule has 6 heteroatoms. The van der Waals surface area contributed by atoms with Crippen molar-refractivity contribution in [3.05, 3.63) is 53.4 Å². The van der Waals surface area contributed by atoms with Gasteiger partial charge in [-0.05, 0) is 24.0 Å². The summed E-state index contributed by atoms with van der Waals surface area (Å²) in [7, 11) is 0. The molecule has 0 saturated heterocycles. The molecule has 0 saturated carbocycles. The molecule has 1 aromatic carbocycles. The Morgan fingerprint density at radius 3 is 2.42 bits per heavy atom. The molecule has 0 fully saturated rings. The molecule has 2 amide bonds. The number of rotatable bonds is 8. The Hall–Kier alpha value is -2.63. The lowest BCUT2D eigenvalue weighted by molar-refractivity contribution is 0.0705. The molecule has 2 aromatic rings. The number of carbonyl (C=O) groups excluding carboxylic acids is 2. The summed E-state index contributed by atoms with van der Waals surface area (Å²) >= 11 is 0. The Kier molecular flexibility index (Phi) is 6.95. The first-order valence-corrected chi connectivity index (χ1v) is 8.95. The minimum atomic E-state index is -0.265. The van der Waals surface area contributed by atoms with Crippen LogP contribution in [0.4, 0.5) is 0 Å². The Bertz CT molecular complexity index is 723. The summed E-state index contributed by atoms with van der Waals surface area (Å²) in [6.07, 6.45) is 0. The van der Waals surface area contributed by atoms with Gasteiger partial charge in [-0.1, -0.05) is 51.1 Å². The first-order valence-electron chi connectivity index (χ1n) is 8.95. The fraction of sp³-hybridized carbons (Fsp3) is 0.450. The van der Waals surface area contributed by atoms with Gasteiger partial charge in [0.2, 0.25) is 0 Å². The molecule has 0 aliphatic carbocycles. The van der Waals surface area contributed by atoms with E-state index in [1.54, 1.807) is 23.1 Å². The Balaban J connectivity index is 2.09. The summed E-state index contributed by atoms with van der Waals surface area (Å²) in [5.74, 6) is 0.819. The van der Waals surface area contributed by atoms with Crippen LogP contribution in [0.1, 0.15) is 54.3 Å². The summed E-state index contributed by atoms with van der Waals surface area (Å²) in [5, 5.41) is 6.64. The quantitative estimate of drug-likeness (QED) is 0.786. The van der Waals surface area contributed by atoms with Crippen molar-refractivity contribution < 1.29 is 14.1 Å². The van der Waals surface area contributed by atoms with Crippen LogP contribution in [0.15, 0.2) is 40.9 Å². The van der Waals surface area contributed by atoms with Crippen molar-refractivity contribution in [1.82, 2.24) is 15.4 Å². The predicted molar refractivity (Wildman–Crippen MR) is 99.7 cm³/mol. The average molecular weight is 357 g/mol. The van der Waals surface area contributed by atoms with Crippen LogP contribution in [-0.4, -0.2) is 35.0 Å². The number of nitrogens with zero attached hydrogens (tertiary/aromatic N) is 2. The van der Waals surface area contributed by atoms with E-state index in [0.717, 1.165) is 0 Å². The lowest BCUT2D eigenvalue weighted by Gasteiger charge is -2.23. The highest BCUT2D eigenvalue weighted by molar-refractivity contribution is 5.94. The Morgan fingerprint density at radius 1 is 1.12 bits per heavy atom. The standard InChI is InChI=1S/C20H27N3O3/c1-14(2)11-21-19(24)18-10-17(26-22-18)13-23(12-15(3)4)20(25)16-8-6-5-7-9-16/h5-10,14-15H,11-13H2,1-4H3,(H,21,24). The van der Waals surface area contributed by atoms with E-state index in [-0.39, 0.29) is 24.1 Å². The highest BCUT2D eigenvalue weighted by Gasteiger charge is 2.20. The van der Waals surface area contributed by atoms with E-state index in [9.17, 15) is 9.59 Å². The lowest BCUT2D eigenvalue weighted by atomic mass is 10.1. The fourth-order valence-corrected chi connectivity index (χ4v) is 2.49. The van der Waals surface area contributed by atoms with E-state index in [1.165, 1.54) is 0 Å². The van der Waals surface area contributed by atoms with Crippen LogP contribution in [0.3, 0.4) is 0 Å². The van der Waals surface area contributed by atoms with Gasteiger partial charge >= 0.3 is 0 Å². The second kappa shape index (κ2) is 9.17. The monoisotopic (exact) mass is 357 g/mol. The zero-order chi connectivity index (χ0) is 19.1. The number of carbonyl (C=O) groups is 2. The second-order valence-electron chi connectivity index (χ2n) is 7.23. The van der Waals surface area contributed by atoms with E-state index >= 15 is 0 Å². The highest BCUT2D eigenvalue weighted by Crippen LogP contribution is 2.13. The molecule has 1 aromatic heterocycles. The van der Waals surface area contributed by atoms with Crippen molar-refractivity contribution in [3.63, 3.8) is 0 Å². The molecule has 1 heterocycles. The molecule has 26 heavy (non-hydrogen) atoms. The van der Waals surface area contributed by atoms with Gasteiger partial charge < -0.3 is 14.7 Å². The van der Waals surface area contributed by atoms with Gasteiger partial charge in [0, 0.05) is 24.7 Å². The lowest BCUT2D eigenvalue weighted by Crippen LogP contribution is -2.33. The SMILES string of the molecule is CC(C)CNC(=O)c1cc(CN(CC(C)C)C(=O)c2ccccc2)on1. The van der Waals surface area contributed by atoms with Crippen LogP contribution in [0.2, 0.25) is 0 Å². The summed E-state index contributed by atoms with van der Waals surface area (Å²) in [6.45, 7) is 9.58. The zero-order valence-electron chi connectivity index (χ0n) is 15.9. The zero-order valence-corrected chi connectivity index (χ0v) is 15.9. The van der Waals surface area contributed by atoms with Gasteiger partial charge in [0.15, 0.2) is 11.5 Å². The Labute approximate surface area is 154 Å². The Morgan fingerprint density at radius 2 is 1.81 bits per heavy atom. The molecule has 0 unspecified atom stereocenters. The van der Waals surface area contributed by atoms with E-state index in [0.29, 0.717) is 36.2 Å². The largest absolute Gasteiger partial charge is 0.359 e.